The van der Waals surface area contributed by atoms with Crippen LogP contribution in [0.25, 0.3) is 0 Å². The first-order valence-corrected chi connectivity index (χ1v) is 7.51. The van der Waals surface area contributed by atoms with Gasteiger partial charge in [-0.25, -0.2) is 9.97 Å². The van der Waals surface area contributed by atoms with Crippen LogP contribution in [0.3, 0.4) is 0 Å². The summed E-state index contributed by atoms with van der Waals surface area (Å²) in [5.74, 6) is -0.351. The van der Waals surface area contributed by atoms with Gasteiger partial charge in [0.05, 0.1) is 16.2 Å². The van der Waals surface area contributed by atoms with Crippen molar-refractivity contribution in [3.05, 3.63) is 46.3 Å². The first-order valence-electron chi connectivity index (χ1n) is 7.51. The Balaban J connectivity index is 2.40. The molecule has 0 unspecified atom stereocenters. The summed E-state index contributed by atoms with van der Waals surface area (Å²) < 4.78 is 39.2. The van der Waals surface area contributed by atoms with Gasteiger partial charge in [-0.15, -0.1) is 0 Å². The minimum absolute atomic E-state index is 0.0413. The van der Waals surface area contributed by atoms with E-state index in [4.69, 9.17) is 0 Å². The molecule has 134 valence electrons. The zero-order chi connectivity index (χ0) is 18.4. The van der Waals surface area contributed by atoms with Gasteiger partial charge in [-0.05, 0) is 18.6 Å². The standard InChI is InChI=1S/C15H16F3N5O2/c1-2-3-8-19-13-12(23(24)25)14(21-9-20-13)22-11-7-5-4-6-10(11)15(16,17)18/h4-7,9H,2-3,8H2,1H3,(H2,19,20,21,22). The molecule has 0 saturated heterocycles. The second kappa shape index (κ2) is 7.77. The molecule has 0 aliphatic rings. The topological polar surface area (TPSA) is 93.0 Å². The summed E-state index contributed by atoms with van der Waals surface area (Å²) in [5.41, 5.74) is -1.77. The molecule has 2 N–H and O–H groups in total. The zero-order valence-corrected chi connectivity index (χ0v) is 13.3. The van der Waals surface area contributed by atoms with E-state index in [2.05, 4.69) is 20.6 Å². The summed E-state index contributed by atoms with van der Waals surface area (Å²) in [6.45, 7) is 2.41. The van der Waals surface area contributed by atoms with Crippen molar-refractivity contribution >= 4 is 23.0 Å². The Hall–Kier alpha value is -2.91. The molecule has 0 aliphatic carbocycles. The lowest BCUT2D eigenvalue weighted by Crippen LogP contribution is -2.12. The smallest absolute Gasteiger partial charge is 0.364 e. The fourth-order valence-corrected chi connectivity index (χ4v) is 2.12. The van der Waals surface area contributed by atoms with Gasteiger partial charge in [0.1, 0.15) is 6.33 Å². The number of anilines is 3. The average Bonchev–Trinajstić information content (AvgIpc) is 2.54. The number of aromatic nitrogens is 2. The van der Waals surface area contributed by atoms with Crippen LogP contribution in [0.15, 0.2) is 30.6 Å². The Morgan fingerprint density at radius 1 is 1.20 bits per heavy atom. The predicted molar refractivity (Wildman–Crippen MR) is 86.8 cm³/mol. The number of benzene rings is 1. The quantitative estimate of drug-likeness (QED) is 0.435. The molecule has 0 atom stereocenters. The van der Waals surface area contributed by atoms with Gasteiger partial charge in [-0.3, -0.25) is 10.1 Å². The normalized spacial score (nSPS) is 11.2. The zero-order valence-electron chi connectivity index (χ0n) is 13.3. The fraction of sp³-hybridized carbons (Fsp3) is 0.333. The van der Waals surface area contributed by atoms with Gasteiger partial charge in [-0.1, -0.05) is 25.5 Å². The fourth-order valence-electron chi connectivity index (χ4n) is 2.12. The molecule has 7 nitrogen and oxygen atoms in total. The summed E-state index contributed by atoms with van der Waals surface area (Å²) >= 11 is 0. The number of hydrogen-bond acceptors (Lipinski definition) is 6. The Bertz CT molecular complexity index is 752. The van der Waals surface area contributed by atoms with E-state index in [-0.39, 0.29) is 17.3 Å². The van der Waals surface area contributed by atoms with Crippen molar-refractivity contribution in [3.8, 4) is 0 Å². The monoisotopic (exact) mass is 355 g/mol. The molecular weight excluding hydrogens is 339 g/mol. The number of halogens is 3. The van der Waals surface area contributed by atoms with Crippen LogP contribution in [0.2, 0.25) is 0 Å². The summed E-state index contributed by atoms with van der Waals surface area (Å²) in [5, 5.41) is 16.6. The molecule has 0 fully saturated rings. The van der Waals surface area contributed by atoms with Gasteiger partial charge >= 0.3 is 11.9 Å². The van der Waals surface area contributed by atoms with E-state index >= 15 is 0 Å². The van der Waals surface area contributed by atoms with Crippen molar-refractivity contribution in [2.24, 2.45) is 0 Å². The van der Waals surface area contributed by atoms with Crippen molar-refractivity contribution in [2.75, 3.05) is 17.2 Å². The molecule has 0 aliphatic heterocycles. The molecule has 0 radical (unpaired) electrons. The highest BCUT2D eigenvalue weighted by atomic mass is 19.4. The molecule has 1 aromatic carbocycles. The lowest BCUT2D eigenvalue weighted by atomic mass is 10.1. The Kier molecular flexibility index (Phi) is 5.73. The molecule has 25 heavy (non-hydrogen) atoms. The molecular formula is C15H16F3N5O2. The van der Waals surface area contributed by atoms with Crippen molar-refractivity contribution in [1.29, 1.82) is 0 Å². The number of nitro groups is 1. The first kappa shape index (κ1) is 18.4. The maximum absolute atomic E-state index is 13.1. The summed E-state index contributed by atoms with van der Waals surface area (Å²) in [7, 11) is 0. The van der Waals surface area contributed by atoms with E-state index in [1.165, 1.54) is 18.2 Å². The molecule has 1 aromatic heterocycles. The van der Waals surface area contributed by atoms with E-state index < -0.39 is 22.4 Å². The SMILES string of the molecule is CCCCNc1ncnc(Nc2ccccc2C(F)(F)F)c1[N+](=O)[O-]. The van der Waals surface area contributed by atoms with Crippen LogP contribution < -0.4 is 10.6 Å². The molecule has 1 heterocycles. The van der Waals surface area contributed by atoms with E-state index in [0.717, 1.165) is 25.2 Å². The van der Waals surface area contributed by atoms with Gasteiger partial charge in [0.15, 0.2) is 0 Å². The highest BCUT2D eigenvalue weighted by molar-refractivity contribution is 5.74. The van der Waals surface area contributed by atoms with Crippen LogP contribution in [-0.2, 0) is 6.18 Å². The maximum Gasteiger partial charge on any atom is 0.418 e. The maximum atomic E-state index is 13.1. The minimum atomic E-state index is -4.60. The minimum Gasteiger partial charge on any atom is -0.364 e. The second-order valence-electron chi connectivity index (χ2n) is 5.13. The van der Waals surface area contributed by atoms with Crippen molar-refractivity contribution in [3.63, 3.8) is 0 Å². The van der Waals surface area contributed by atoms with Gasteiger partial charge in [-0.2, -0.15) is 13.2 Å². The Morgan fingerprint density at radius 2 is 1.88 bits per heavy atom. The molecule has 10 heteroatoms. The van der Waals surface area contributed by atoms with Gasteiger partial charge < -0.3 is 10.6 Å². The number of alkyl halides is 3. The largest absolute Gasteiger partial charge is 0.418 e. The van der Waals surface area contributed by atoms with Gasteiger partial charge in [0.25, 0.3) is 0 Å². The predicted octanol–water partition coefficient (Wildman–Crippen LogP) is 4.36. The Morgan fingerprint density at radius 3 is 2.52 bits per heavy atom. The van der Waals surface area contributed by atoms with E-state index in [1.807, 2.05) is 6.92 Å². The lowest BCUT2D eigenvalue weighted by molar-refractivity contribution is -0.383. The number of para-hydroxylation sites is 1. The number of unbranched alkanes of at least 4 members (excludes halogenated alkanes) is 1. The van der Waals surface area contributed by atoms with Crippen molar-refractivity contribution in [1.82, 2.24) is 9.97 Å². The van der Waals surface area contributed by atoms with Crippen molar-refractivity contribution in [2.45, 2.75) is 25.9 Å². The van der Waals surface area contributed by atoms with Crippen LogP contribution in [0.5, 0.6) is 0 Å². The molecule has 0 saturated carbocycles. The van der Waals surface area contributed by atoms with Crippen LogP contribution in [-0.4, -0.2) is 21.4 Å². The first-order chi connectivity index (χ1) is 11.8. The number of nitrogens with zero attached hydrogens (tertiary/aromatic N) is 3. The number of rotatable bonds is 7. The van der Waals surface area contributed by atoms with Gasteiger partial charge in [0, 0.05) is 6.54 Å². The van der Waals surface area contributed by atoms with Crippen LogP contribution in [0.1, 0.15) is 25.3 Å². The van der Waals surface area contributed by atoms with Crippen LogP contribution in [0.4, 0.5) is 36.2 Å². The van der Waals surface area contributed by atoms with Gasteiger partial charge in [0.2, 0.25) is 11.6 Å². The molecule has 2 aromatic rings. The van der Waals surface area contributed by atoms with E-state index in [9.17, 15) is 23.3 Å². The molecule has 2 rings (SSSR count). The van der Waals surface area contributed by atoms with E-state index in [0.29, 0.717) is 6.54 Å². The van der Waals surface area contributed by atoms with Crippen LogP contribution >= 0.6 is 0 Å². The third-order valence-electron chi connectivity index (χ3n) is 3.31. The highest BCUT2D eigenvalue weighted by Gasteiger charge is 2.34. The van der Waals surface area contributed by atoms with E-state index in [1.54, 1.807) is 0 Å². The molecule has 0 bridgehead atoms. The Labute approximate surface area is 141 Å². The number of hydrogen-bond donors (Lipinski definition) is 2. The summed E-state index contributed by atoms with van der Waals surface area (Å²) in [6.07, 6.45) is -1.91. The van der Waals surface area contributed by atoms with Crippen LogP contribution in [0, 0.1) is 10.1 Å². The molecule has 0 spiro atoms. The number of nitrogens with one attached hydrogen (secondary N) is 2. The average molecular weight is 355 g/mol. The third-order valence-corrected chi connectivity index (χ3v) is 3.31. The van der Waals surface area contributed by atoms with Crippen molar-refractivity contribution < 1.29 is 18.1 Å². The summed E-state index contributed by atoms with van der Waals surface area (Å²) in [4.78, 5) is 18.2. The lowest BCUT2D eigenvalue weighted by Gasteiger charge is -2.14. The summed E-state index contributed by atoms with van der Waals surface area (Å²) in [6, 6.07) is 4.69. The highest BCUT2D eigenvalue weighted by Crippen LogP contribution is 2.38. The molecule has 0 amide bonds. The second-order valence-corrected chi connectivity index (χ2v) is 5.13. The third kappa shape index (κ3) is 4.55.